The normalized spacial score (nSPS) is 10.3. The molecule has 0 aliphatic heterocycles. The van der Waals surface area contributed by atoms with E-state index in [2.05, 4.69) is 10.2 Å². The first-order chi connectivity index (χ1) is 11.1. The van der Waals surface area contributed by atoms with Gasteiger partial charge in [0.15, 0.2) is 33.9 Å². The number of hydrogen-bond acceptors (Lipinski definition) is 6. The Bertz CT molecular complexity index is 842. The number of para-hydroxylation sites is 4. The van der Waals surface area contributed by atoms with Crippen molar-refractivity contribution in [3.8, 4) is 34.6 Å². The second-order valence-corrected chi connectivity index (χ2v) is 4.86. The largest absolute Gasteiger partial charge is 0.504 e. The van der Waals surface area contributed by atoms with E-state index in [1.54, 1.807) is 42.5 Å². The van der Waals surface area contributed by atoms with Crippen LogP contribution in [-0.4, -0.2) is 20.4 Å². The third-order valence-electron chi connectivity index (χ3n) is 2.85. The van der Waals surface area contributed by atoms with E-state index in [1.165, 1.54) is 12.1 Å². The summed E-state index contributed by atoms with van der Waals surface area (Å²) in [5, 5.41) is 26.9. The third kappa shape index (κ3) is 3.44. The molecule has 23 heavy (non-hydrogen) atoms. The fourth-order valence-corrected chi connectivity index (χ4v) is 1.95. The first-order valence-electron chi connectivity index (χ1n) is 6.58. The zero-order valence-corrected chi connectivity index (χ0v) is 12.4. The van der Waals surface area contributed by atoms with Crippen LogP contribution in [0.1, 0.15) is 0 Å². The maximum Gasteiger partial charge on any atom is 0.281 e. The molecule has 0 aliphatic carbocycles. The van der Waals surface area contributed by atoms with E-state index in [1.807, 2.05) is 0 Å². The molecule has 0 aliphatic rings. The lowest BCUT2D eigenvalue weighted by Crippen LogP contribution is -1.94. The summed E-state index contributed by atoms with van der Waals surface area (Å²) < 4.78 is 11.2. The molecule has 116 valence electrons. The van der Waals surface area contributed by atoms with Crippen LogP contribution < -0.4 is 9.47 Å². The molecular formula is C16H11ClN2O4. The second kappa shape index (κ2) is 6.41. The fraction of sp³-hybridized carbons (Fsp3) is 0. The molecule has 2 N–H and O–H groups in total. The van der Waals surface area contributed by atoms with Crippen molar-refractivity contribution in [3.05, 3.63) is 59.8 Å². The van der Waals surface area contributed by atoms with Crippen LogP contribution in [-0.2, 0) is 0 Å². The third-order valence-corrected chi connectivity index (χ3v) is 3.04. The molecule has 0 amide bonds. The Hall–Kier alpha value is -2.99. The highest BCUT2D eigenvalue weighted by atomic mass is 35.5. The van der Waals surface area contributed by atoms with Gasteiger partial charge in [-0.25, -0.2) is 0 Å². The number of nitrogens with zero attached hydrogens (tertiary/aromatic N) is 2. The van der Waals surface area contributed by atoms with Crippen molar-refractivity contribution in [2.45, 2.75) is 0 Å². The van der Waals surface area contributed by atoms with Gasteiger partial charge in [0.2, 0.25) is 0 Å². The van der Waals surface area contributed by atoms with Crippen molar-refractivity contribution in [3.63, 3.8) is 0 Å². The van der Waals surface area contributed by atoms with E-state index in [0.29, 0.717) is 11.5 Å². The number of hydrogen-bond donors (Lipinski definition) is 2. The molecule has 0 saturated carbocycles. The van der Waals surface area contributed by atoms with Crippen LogP contribution in [0.2, 0.25) is 5.15 Å². The van der Waals surface area contributed by atoms with E-state index < -0.39 is 0 Å². The molecule has 2 aromatic carbocycles. The Labute approximate surface area is 136 Å². The average Bonchev–Trinajstić information content (AvgIpc) is 2.54. The maximum absolute atomic E-state index is 9.78. The summed E-state index contributed by atoms with van der Waals surface area (Å²) in [4.78, 5) is 0. The lowest BCUT2D eigenvalue weighted by atomic mass is 10.3. The van der Waals surface area contributed by atoms with Crippen molar-refractivity contribution < 1.29 is 19.7 Å². The van der Waals surface area contributed by atoms with Gasteiger partial charge < -0.3 is 19.7 Å². The summed E-state index contributed by atoms with van der Waals surface area (Å²) in [5.74, 6) is 0.546. The van der Waals surface area contributed by atoms with Gasteiger partial charge in [-0.1, -0.05) is 35.9 Å². The monoisotopic (exact) mass is 330 g/mol. The average molecular weight is 331 g/mol. The molecule has 0 saturated heterocycles. The number of halogens is 1. The molecule has 3 rings (SSSR count). The molecular weight excluding hydrogens is 320 g/mol. The predicted octanol–water partition coefficient (Wildman–Crippen LogP) is 4.13. The quantitative estimate of drug-likeness (QED) is 0.748. The Morgan fingerprint density at radius 2 is 1.35 bits per heavy atom. The van der Waals surface area contributed by atoms with Gasteiger partial charge in [0.05, 0.1) is 0 Å². The Morgan fingerprint density at radius 3 is 2.00 bits per heavy atom. The van der Waals surface area contributed by atoms with E-state index in [-0.39, 0.29) is 28.3 Å². The number of phenols is 1. The predicted molar refractivity (Wildman–Crippen MR) is 83.4 cm³/mol. The molecule has 1 heterocycles. The number of benzene rings is 2. The van der Waals surface area contributed by atoms with Gasteiger partial charge in [0.25, 0.3) is 5.88 Å². The van der Waals surface area contributed by atoms with Crippen molar-refractivity contribution in [2.24, 2.45) is 0 Å². The van der Waals surface area contributed by atoms with Gasteiger partial charge in [-0.05, 0) is 24.3 Å². The van der Waals surface area contributed by atoms with Gasteiger partial charge >= 0.3 is 0 Å². The van der Waals surface area contributed by atoms with Crippen molar-refractivity contribution in [1.82, 2.24) is 10.2 Å². The Kier molecular flexibility index (Phi) is 4.16. The summed E-state index contributed by atoms with van der Waals surface area (Å²) in [7, 11) is 0. The second-order valence-electron chi connectivity index (χ2n) is 4.48. The van der Waals surface area contributed by atoms with Gasteiger partial charge in [-0.15, -0.1) is 10.2 Å². The van der Waals surface area contributed by atoms with Crippen LogP contribution in [0.5, 0.6) is 34.6 Å². The van der Waals surface area contributed by atoms with Crippen molar-refractivity contribution in [1.29, 1.82) is 0 Å². The summed E-state index contributed by atoms with van der Waals surface area (Å²) in [6.45, 7) is 0. The molecule has 0 bridgehead atoms. The SMILES string of the molecule is Oc1ccccc1Oc1ccccc1Oc1nnc(Cl)cc1O. The summed E-state index contributed by atoms with van der Waals surface area (Å²) in [6, 6.07) is 14.5. The standard InChI is InChI=1S/C16H11ClN2O4/c17-15-9-11(21)16(19-18-15)23-14-8-4-3-7-13(14)22-12-6-2-1-5-10(12)20/h1-9,20H,(H,18,21). The van der Waals surface area contributed by atoms with Gasteiger partial charge in [0, 0.05) is 6.07 Å². The van der Waals surface area contributed by atoms with Crippen LogP contribution in [0.4, 0.5) is 0 Å². The van der Waals surface area contributed by atoms with E-state index in [9.17, 15) is 10.2 Å². The lowest BCUT2D eigenvalue weighted by molar-refractivity contribution is 0.365. The lowest BCUT2D eigenvalue weighted by Gasteiger charge is -2.12. The smallest absolute Gasteiger partial charge is 0.281 e. The molecule has 3 aromatic rings. The zero-order valence-electron chi connectivity index (χ0n) is 11.7. The van der Waals surface area contributed by atoms with Crippen molar-refractivity contribution in [2.75, 3.05) is 0 Å². The minimum atomic E-state index is -0.248. The number of rotatable bonds is 4. The first-order valence-corrected chi connectivity index (χ1v) is 6.96. The minimum absolute atomic E-state index is 0.00330. The molecule has 0 radical (unpaired) electrons. The summed E-state index contributed by atoms with van der Waals surface area (Å²) in [6.07, 6.45) is 0. The number of aromatic nitrogens is 2. The molecule has 6 nitrogen and oxygen atoms in total. The van der Waals surface area contributed by atoms with E-state index in [4.69, 9.17) is 21.1 Å². The van der Waals surface area contributed by atoms with Crippen LogP contribution >= 0.6 is 11.6 Å². The van der Waals surface area contributed by atoms with Crippen LogP contribution in [0.25, 0.3) is 0 Å². The Balaban J connectivity index is 1.90. The minimum Gasteiger partial charge on any atom is -0.504 e. The molecule has 0 fully saturated rings. The van der Waals surface area contributed by atoms with Crippen LogP contribution in [0, 0.1) is 0 Å². The molecule has 0 spiro atoms. The number of aromatic hydroxyl groups is 2. The highest BCUT2D eigenvalue weighted by Gasteiger charge is 2.13. The zero-order chi connectivity index (χ0) is 16.2. The van der Waals surface area contributed by atoms with Gasteiger partial charge in [0.1, 0.15) is 0 Å². The molecule has 7 heteroatoms. The highest BCUT2D eigenvalue weighted by molar-refractivity contribution is 6.29. The Morgan fingerprint density at radius 1 is 0.739 bits per heavy atom. The van der Waals surface area contributed by atoms with Crippen LogP contribution in [0.3, 0.4) is 0 Å². The van der Waals surface area contributed by atoms with Crippen LogP contribution in [0.15, 0.2) is 54.6 Å². The van der Waals surface area contributed by atoms with Gasteiger partial charge in [-0.3, -0.25) is 0 Å². The topological polar surface area (TPSA) is 84.7 Å². The van der Waals surface area contributed by atoms with E-state index in [0.717, 1.165) is 0 Å². The highest BCUT2D eigenvalue weighted by Crippen LogP contribution is 2.38. The molecule has 0 atom stereocenters. The first kappa shape index (κ1) is 14.9. The summed E-state index contributed by atoms with van der Waals surface area (Å²) >= 11 is 5.63. The van der Waals surface area contributed by atoms with Crippen molar-refractivity contribution >= 4 is 11.6 Å². The van der Waals surface area contributed by atoms with E-state index >= 15 is 0 Å². The molecule has 0 unspecified atom stereocenters. The number of phenolic OH excluding ortho intramolecular Hbond substituents is 1. The molecule has 1 aromatic heterocycles. The van der Waals surface area contributed by atoms with Gasteiger partial charge in [-0.2, -0.15) is 0 Å². The fourth-order valence-electron chi connectivity index (χ4n) is 1.81. The maximum atomic E-state index is 9.78. The number of ether oxygens (including phenoxy) is 2. The summed E-state index contributed by atoms with van der Waals surface area (Å²) in [5.41, 5.74) is 0.